The quantitative estimate of drug-likeness (QED) is 0.675. The van der Waals surface area contributed by atoms with Gasteiger partial charge in [-0.3, -0.25) is 0 Å². The highest BCUT2D eigenvalue weighted by atomic mass is 16.5. The molecule has 134 valence electrons. The van der Waals surface area contributed by atoms with Crippen molar-refractivity contribution < 1.29 is 4.74 Å². The van der Waals surface area contributed by atoms with Crippen molar-refractivity contribution in [2.45, 2.75) is 13.0 Å². The molecule has 3 rings (SSSR count). The Balaban J connectivity index is 1.81. The lowest BCUT2D eigenvalue weighted by atomic mass is 10.1. The lowest BCUT2D eigenvalue weighted by Gasteiger charge is -2.29. The Morgan fingerprint density at radius 3 is 2.08 bits per heavy atom. The summed E-state index contributed by atoms with van der Waals surface area (Å²) in [5.41, 5.74) is 12.6. The third-order valence-electron chi connectivity index (χ3n) is 4.01. The van der Waals surface area contributed by atoms with Crippen LogP contribution in [0.15, 0.2) is 60.7 Å². The van der Waals surface area contributed by atoms with E-state index in [9.17, 15) is 0 Å². The molecule has 0 spiro atoms. The zero-order chi connectivity index (χ0) is 18.4. The van der Waals surface area contributed by atoms with Crippen LogP contribution in [0.4, 0.5) is 17.8 Å². The fraction of sp³-hybridized carbons (Fsp3) is 0.211. The van der Waals surface area contributed by atoms with E-state index in [4.69, 9.17) is 16.2 Å². The second-order valence-corrected chi connectivity index (χ2v) is 5.79. The summed E-state index contributed by atoms with van der Waals surface area (Å²) in [6.45, 7) is 3.11. The van der Waals surface area contributed by atoms with E-state index >= 15 is 0 Å². The van der Waals surface area contributed by atoms with Crippen molar-refractivity contribution in [3.05, 3.63) is 66.2 Å². The molecule has 0 amide bonds. The molecule has 0 aliphatic rings. The fourth-order valence-corrected chi connectivity index (χ4v) is 2.68. The van der Waals surface area contributed by atoms with Gasteiger partial charge in [-0.05, 0) is 24.6 Å². The Kier molecular flexibility index (Phi) is 5.48. The van der Waals surface area contributed by atoms with E-state index in [1.165, 1.54) is 0 Å². The molecule has 2 aromatic carbocycles. The number of hydrogen-bond acceptors (Lipinski definition) is 7. The van der Waals surface area contributed by atoms with Gasteiger partial charge in [0.15, 0.2) is 0 Å². The van der Waals surface area contributed by atoms with Crippen LogP contribution in [0, 0.1) is 0 Å². The number of nitrogens with two attached hydrogens (primary N) is 2. The molecule has 0 aliphatic carbocycles. The lowest BCUT2D eigenvalue weighted by Crippen LogP contribution is -2.33. The molecule has 26 heavy (non-hydrogen) atoms. The summed E-state index contributed by atoms with van der Waals surface area (Å²) in [6, 6.07) is 19.8. The van der Waals surface area contributed by atoms with Gasteiger partial charge in [-0.1, -0.05) is 48.5 Å². The number of para-hydroxylation sites is 1. The minimum Gasteiger partial charge on any atom is -0.492 e. The highest BCUT2D eigenvalue weighted by Crippen LogP contribution is 2.24. The minimum absolute atomic E-state index is 0.0109. The van der Waals surface area contributed by atoms with Gasteiger partial charge in [0.1, 0.15) is 12.4 Å². The number of hydrogen-bond donors (Lipinski definition) is 2. The molecule has 0 radical (unpaired) electrons. The van der Waals surface area contributed by atoms with Crippen molar-refractivity contribution in [2.24, 2.45) is 0 Å². The molecule has 0 aliphatic heterocycles. The predicted octanol–water partition coefficient (Wildman–Crippen LogP) is 2.68. The lowest BCUT2D eigenvalue weighted by molar-refractivity contribution is 0.319. The molecule has 7 heteroatoms. The molecular weight excluding hydrogens is 328 g/mol. The van der Waals surface area contributed by atoms with E-state index < -0.39 is 0 Å². The van der Waals surface area contributed by atoms with Crippen LogP contribution in [-0.4, -0.2) is 28.1 Å². The van der Waals surface area contributed by atoms with Gasteiger partial charge in [0.2, 0.25) is 17.8 Å². The van der Waals surface area contributed by atoms with Gasteiger partial charge in [0, 0.05) is 0 Å². The molecule has 0 bridgehead atoms. The molecule has 4 N–H and O–H groups in total. The number of rotatable bonds is 7. The first kappa shape index (κ1) is 17.5. The van der Waals surface area contributed by atoms with Crippen molar-refractivity contribution in [3.8, 4) is 5.75 Å². The Hall–Kier alpha value is -3.35. The van der Waals surface area contributed by atoms with Crippen LogP contribution in [0.2, 0.25) is 0 Å². The number of benzene rings is 2. The van der Waals surface area contributed by atoms with Crippen LogP contribution in [0.3, 0.4) is 0 Å². The zero-order valence-electron chi connectivity index (χ0n) is 14.6. The van der Waals surface area contributed by atoms with E-state index in [1.807, 2.05) is 53.4 Å². The SMILES string of the molecule is C[C@@H](c1ccccc1)N(CCOc1ccccc1)c1nc(N)nc(N)n1. The maximum absolute atomic E-state index is 5.83. The minimum atomic E-state index is 0.0109. The molecular formula is C19H22N6O. The number of ether oxygens (including phenoxy) is 1. The molecule has 1 aromatic heterocycles. The third kappa shape index (κ3) is 4.38. The first-order valence-corrected chi connectivity index (χ1v) is 8.40. The van der Waals surface area contributed by atoms with Gasteiger partial charge in [-0.25, -0.2) is 0 Å². The number of nitrogen functional groups attached to an aromatic ring is 2. The summed E-state index contributed by atoms with van der Waals surface area (Å²) in [5, 5.41) is 0. The average molecular weight is 350 g/mol. The average Bonchev–Trinajstić information content (AvgIpc) is 2.65. The van der Waals surface area contributed by atoms with Gasteiger partial charge in [0.25, 0.3) is 0 Å². The predicted molar refractivity (Wildman–Crippen MR) is 103 cm³/mol. The Morgan fingerprint density at radius 1 is 0.885 bits per heavy atom. The first-order chi connectivity index (χ1) is 12.6. The topological polar surface area (TPSA) is 103 Å². The Labute approximate surface area is 152 Å². The maximum Gasteiger partial charge on any atom is 0.232 e. The van der Waals surface area contributed by atoms with Crippen molar-refractivity contribution in [2.75, 3.05) is 29.5 Å². The van der Waals surface area contributed by atoms with E-state index in [0.717, 1.165) is 11.3 Å². The van der Waals surface area contributed by atoms with Crippen LogP contribution in [0.1, 0.15) is 18.5 Å². The number of nitrogens with zero attached hydrogens (tertiary/aromatic N) is 4. The molecule has 0 saturated carbocycles. The molecule has 0 fully saturated rings. The van der Waals surface area contributed by atoms with Crippen LogP contribution < -0.4 is 21.1 Å². The van der Waals surface area contributed by atoms with Gasteiger partial charge in [-0.15, -0.1) is 0 Å². The Morgan fingerprint density at radius 2 is 1.46 bits per heavy atom. The number of anilines is 3. The fourth-order valence-electron chi connectivity index (χ4n) is 2.68. The first-order valence-electron chi connectivity index (χ1n) is 8.40. The molecule has 1 heterocycles. The molecule has 0 saturated heterocycles. The summed E-state index contributed by atoms with van der Waals surface area (Å²) < 4.78 is 5.83. The second kappa shape index (κ2) is 8.15. The van der Waals surface area contributed by atoms with E-state index in [0.29, 0.717) is 19.1 Å². The summed E-state index contributed by atoms with van der Waals surface area (Å²) in [7, 11) is 0. The summed E-state index contributed by atoms with van der Waals surface area (Å²) in [6.07, 6.45) is 0. The van der Waals surface area contributed by atoms with Crippen LogP contribution in [-0.2, 0) is 0 Å². The highest BCUT2D eigenvalue weighted by molar-refractivity contribution is 5.42. The smallest absolute Gasteiger partial charge is 0.232 e. The summed E-state index contributed by atoms with van der Waals surface area (Å²) in [5.74, 6) is 1.45. The summed E-state index contributed by atoms with van der Waals surface area (Å²) in [4.78, 5) is 14.4. The Bertz CT molecular complexity index is 808. The van der Waals surface area contributed by atoms with Gasteiger partial charge >= 0.3 is 0 Å². The van der Waals surface area contributed by atoms with Crippen LogP contribution in [0.25, 0.3) is 0 Å². The van der Waals surface area contributed by atoms with E-state index in [-0.39, 0.29) is 17.9 Å². The maximum atomic E-state index is 5.83. The van der Waals surface area contributed by atoms with Crippen molar-refractivity contribution >= 4 is 17.8 Å². The van der Waals surface area contributed by atoms with Crippen LogP contribution in [0.5, 0.6) is 5.75 Å². The van der Waals surface area contributed by atoms with Crippen molar-refractivity contribution in [3.63, 3.8) is 0 Å². The number of aromatic nitrogens is 3. The highest BCUT2D eigenvalue weighted by Gasteiger charge is 2.20. The second-order valence-electron chi connectivity index (χ2n) is 5.79. The van der Waals surface area contributed by atoms with Gasteiger partial charge < -0.3 is 21.1 Å². The van der Waals surface area contributed by atoms with Crippen molar-refractivity contribution in [1.82, 2.24) is 15.0 Å². The zero-order valence-corrected chi connectivity index (χ0v) is 14.6. The summed E-state index contributed by atoms with van der Waals surface area (Å²) >= 11 is 0. The van der Waals surface area contributed by atoms with Gasteiger partial charge in [0.05, 0.1) is 12.6 Å². The monoisotopic (exact) mass is 350 g/mol. The normalized spacial score (nSPS) is 11.7. The van der Waals surface area contributed by atoms with Crippen molar-refractivity contribution in [1.29, 1.82) is 0 Å². The van der Waals surface area contributed by atoms with E-state index in [2.05, 4.69) is 34.0 Å². The van der Waals surface area contributed by atoms with Crippen LogP contribution >= 0.6 is 0 Å². The van der Waals surface area contributed by atoms with Gasteiger partial charge in [-0.2, -0.15) is 15.0 Å². The molecule has 7 nitrogen and oxygen atoms in total. The third-order valence-corrected chi connectivity index (χ3v) is 4.01. The molecule has 3 aromatic rings. The standard InChI is InChI=1S/C19H22N6O/c1-14(15-8-4-2-5-9-15)25(19-23-17(20)22-18(21)24-19)12-13-26-16-10-6-3-7-11-16/h2-11,14H,12-13H2,1H3,(H4,20,21,22,23,24)/t14-/m0/s1. The largest absolute Gasteiger partial charge is 0.492 e. The molecule has 0 unspecified atom stereocenters. The van der Waals surface area contributed by atoms with E-state index in [1.54, 1.807) is 0 Å². The molecule has 1 atom stereocenters.